The zero-order chi connectivity index (χ0) is 14.1. The van der Waals surface area contributed by atoms with E-state index in [0.717, 1.165) is 16.3 Å². The van der Waals surface area contributed by atoms with Crippen molar-refractivity contribution in [2.24, 2.45) is 0 Å². The Morgan fingerprint density at radius 2 is 1.45 bits per heavy atom. The van der Waals surface area contributed by atoms with E-state index in [9.17, 15) is 9.90 Å². The van der Waals surface area contributed by atoms with Crippen LogP contribution in [0.25, 0.3) is 21.9 Å². The van der Waals surface area contributed by atoms with Gasteiger partial charge in [-0.05, 0) is 22.4 Å². The highest BCUT2D eigenvalue weighted by Crippen LogP contribution is 2.36. The maximum atomic E-state index is 11.1. The average molecular weight is 264 g/mol. The lowest BCUT2D eigenvalue weighted by Crippen LogP contribution is -1.97. The fourth-order valence-corrected chi connectivity index (χ4v) is 2.39. The molecule has 0 heterocycles. The number of hydrogen-bond donors (Lipinski definition) is 2. The maximum absolute atomic E-state index is 11.1. The number of carbonyl (C=O) groups is 1. The number of para-hydroxylation sites is 1. The van der Waals surface area contributed by atoms with Crippen molar-refractivity contribution in [2.75, 3.05) is 0 Å². The molecule has 20 heavy (non-hydrogen) atoms. The number of benzene rings is 3. The summed E-state index contributed by atoms with van der Waals surface area (Å²) in [6.07, 6.45) is 0. The van der Waals surface area contributed by atoms with Crippen molar-refractivity contribution in [3.05, 3.63) is 66.2 Å². The third-order valence-corrected chi connectivity index (χ3v) is 3.35. The summed E-state index contributed by atoms with van der Waals surface area (Å²) in [7, 11) is 0. The van der Waals surface area contributed by atoms with E-state index in [4.69, 9.17) is 5.11 Å². The standard InChI is InChI=1S/C17H12O3/c18-16-14(9-4-10-15(16)17(19)20)13-8-3-6-11-5-1-2-7-12(11)13/h1-10,18H,(H,19,20). The van der Waals surface area contributed by atoms with Crippen LogP contribution in [0.4, 0.5) is 0 Å². The Hall–Kier alpha value is -2.81. The molecule has 0 unspecified atom stereocenters. The molecule has 0 aromatic heterocycles. The molecule has 0 fully saturated rings. The van der Waals surface area contributed by atoms with Gasteiger partial charge in [0.2, 0.25) is 0 Å². The van der Waals surface area contributed by atoms with E-state index < -0.39 is 5.97 Å². The van der Waals surface area contributed by atoms with Gasteiger partial charge in [0.15, 0.2) is 0 Å². The summed E-state index contributed by atoms with van der Waals surface area (Å²) in [5.74, 6) is -1.33. The number of carboxylic acids is 1. The highest BCUT2D eigenvalue weighted by Gasteiger charge is 2.15. The van der Waals surface area contributed by atoms with Gasteiger partial charge in [-0.1, -0.05) is 54.6 Å². The van der Waals surface area contributed by atoms with Gasteiger partial charge in [0, 0.05) is 5.56 Å². The summed E-state index contributed by atoms with van der Waals surface area (Å²) in [6.45, 7) is 0. The molecule has 0 saturated heterocycles. The minimum atomic E-state index is -1.13. The summed E-state index contributed by atoms with van der Waals surface area (Å²) in [5, 5.41) is 21.3. The molecule has 2 N–H and O–H groups in total. The Morgan fingerprint density at radius 3 is 2.25 bits per heavy atom. The van der Waals surface area contributed by atoms with Gasteiger partial charge in [0.25, 0.3) is 0 Å². The first-order valence-corrected chi connectivity index (χ1v) is 6.22. The van der Waals surface area contributed by atoms with E-state index in [2.05, 4.69) is 0 Å². The van der Waals surface area contributed by atoms with Crippen LogP contribution in [0, 0.1) is 0 Å². The van der Waals surface area contributed by atoms with Gasteiger partial charge in [-0.15, -0.1) is 0 Å². The van der Waals surface area contributed by atoms with E-state index in [1.165, 1.54) is 6.07 Å². The topological polar surface area (TPSA) is 57.5 Å². The Morgan fingerprint density at radius 1 is 0.800 bits per heavy atom. The molecule has 0 saturated carbocycles. The molecule has 0 bridgehead atoms. The highest BCUT2D eigenvalue weighted by atomic mass is 16.4. The lowest BCUT2D eigenvalue weighted by atomic mass is 9.96. The largest absolute Gasteiger partial charge is 0.506 e. The van der Waals surface area contributed by atoms with Crippen molar-refractivity contribution in [3.8, 4) is 16.9 Å². The summed E-state index contributed by atoms with van der Waals surface area (Å²) in [4.78, 5) is 11.1. The van der Waals surface area contributed by atoms with Gasteiger partial charge in [0.05, 0.1) is 0 Å². The Kier molecular flexibility index (Phi) is 2.88. The molecule has 3 aromatic rings. The van der Waals surface area contributed by atoms with Gasteiger partial charge in [-0.2, -0.15) is 0 Å². The number of fused-ring (bicyclic) bond motifs is 1. The van der Waals surface area contributed by atoms with Crippen LogP contribution in [0.3, 0.4) is 0 Å². The fraction of sp³-hybridized carbons (Fsp3) is 0. The van der Waals surface area contributed by atoms with E-state index >= 15 is 0 Å². The predicted molar refractivity (Wildman–Crippen MR) is 78.0 cm³/mol. The van der Waals surface area contributed by atoms with Crippen LogP contribution >= 0.6 is 0 Å². The van der Waals surface area contributed by atoms with E-state index in [0.29, 0.717) is 5.56 Å². The maximum Gasteiger partial charge on any atom is 0.339 e. The minimum Gasteiger partial charge on any atom is -0.506 e. The summed E-state index contributed by atoms with van der Waals surface area (Å²) >= 11 is 0. The van der Waals surface area contributed by atoms with Crippen LogP contribution in [-0.2, 0) is 0 Å². The SMILES string of the molecule is O=C(O)c1cccc(-c2cccc3ccccc23)c1O. The average Bonchev–Trinajstić information content (AvgIpc) is 2.47. The quantitative estimate of drug-likeness (QED) is 0.737. The second kappa shape index (κ2) is 4.70. The molecule has 0 radical (unpaired) electrons. The van der Waals surface area contributed by atoms with Gasteiger partial charge < -0.3 is 10.2 Å². The molecular weight excluding hydrogens is 252 g/mol. The summed E-state index contributed by atoms with van der Waals surface area (Å²) < 4.78 is 0. The normalized spacial score (nSPS) is 10.6. The molecule has 0 amide bonds. The molecule has 0 aliphatic rings. The third-order valence-electron chi connectivity index (χ3n) is 3.35. The van der Waals surface area contributed by atoms with Gasteiger partial charge in [-0.3, -0.25) is 0 Å². The summed E-state index contributed by atoms with van der Waals surface area (Å²) in [6, 6.07) is 18.3. The van der Waals surface area contributed by atoms with E-state index in [-0.39, 0.29) is 11.3 Å². The second-order valence-electron chi connectivity index (χ2n) is 4.53. The number of phenols is 1. The van der Waals surface area contributed by atoms with Crippen molar-refractivity contribution in [1.29, 1.82) is 0 Å². The first-order valence-electron chi connectivity index (χ1n) is 6.22. The van der Waals surface area contributed by atoms with Crippen molar-refractivity contribution < 1.29 is 15.0 Å². The van der Waals surface area contributed by atoms with Gasteiger partial charge >= 0.3 is 5.97 Å². The first-order chi connectivity index (χ1) is 9.68. The molecule has 3 aromatic carbocycles. The number of rotatable bonds is 2. The molecule has 3 rings (SSSR count). The van der Waals surface area contributed by atoms with Crippen LogP contribution < -0.4 is 0 Å². The van der Waals surface area contributed by atoms with Crippen molar-refractivity contribution in [1.82, 2.24) is 0 Å². The molecule has 3 nitrogen and oxygen atoms in total. The Balaban J connectivity index is 2.32. The molecule has 98 valence electrons. The predicted octanol–water partition coefficient (Wildman–Crippen LogP) is 3.91. The van der Waals surface area contributed by atoms with E-state index in [1.807, 2.05) is 42.5 Å². The third kappa shape index (κ3) is 1.89. The minimum absolute atomic E-state index is 0.0876. The van der Waals surface area contributed by atoms with Crippen LogP contribution in [-0.4, -0.2) is 16.2 Å². The van der Waals surface area contributed by atoms with Crippen LogP contribution in [0.5, 0.6) is 5.75 Å². The van der Waals surface area contributed by atoms with Crippen LogP contribution in [0.15, 0.2) is 60.7 Å². The van der Waals surface area contributed by atoms with Crippen molar-refractivity contribution in [2.45, 2.75) is 0 Å². The zero-order valence-electron chi connectivity index (χ0n) is 10.6. The van der Waals surface area contributed by atoms with Gasteiger partial charge in [0.1, 0.15) is 11.3 Å². The molecule has 0 atom stereocenters. The number of aromatic carboxylic acids is 1. The zero-order valence-corrected chi connectivity index (χ0v) is 10.6. The van der Waals surface area contributed by atoms with E-state index in [1.54, 1.807) is 12.1 Å². The molecule has 0 aliphatic carbocycles. The number of aromatic hydroxyl groups is 1. The van der Waals surface area contributed by atoms with Crippen molar-refractivity contribution in [3.63, 3.8) is 0 Å². The second-order valence-corrected chi connectivity index (χ2v) is 4.53. The van der Waals surface area contributed by atoms with Crippen LogP contribution in [0.1, 0.15) is 10.4 Å². The smallest absolute Gasteiger partial charge is 0.339 e. The Bertz CT molecular complexity index is 801. The highest BCUT2D eigenvalue weighted by molar-refractivity contribution is 6.01. The molecule has 0 spiro atoms. The number of hydrogen-bond acceptors (Lipinski definition) is 2. The lowest BCUT2D eigenvalue weighted by Gasteiger charge is -2.10. The summed E-state index contributed by atoms with van der Waals surface area (Å²) in [5.41, 5.74) is 1.26. The molecular formula is C17H12O3. The van der Waals surface area contributed by atoms with Crippen molar-refractivity contribution >= 4 is 16.7 Å². The van der Waals surface area contributed by atoms with Gasteiger partial charge in [-0.25, -0.2) is 4.79 Å². The Labute approximate surface area is 115 Å². The lowest BCUT2D eigenvalue weighted by molar-refractivity contribution is 0.0694. The fourth-order valence-electron chi connectivity index (χ4n) is 2.39. The molecule has 0 aliphatic heterocycles. The van der Waals surface area contributed by atoms with Crippen LogP contribution in [0.2, 0.25) is 0 Å². The monoisotopic (exact) mass is 264 g/mol. The first kappa shape index (κ1) is 12.2. The molecule has 3 heteroatoms. The number of carboxylic acid groups (broad SMARTS) is 1.